The summed E-state index contributed by atoms with van der Waals surface area (Å²) in [4.78, 5) is 32.0. The molecule has 3 heterocycles. The minimum atomic E-state index is -0.310. The van der Waals surface area contributed by atoms with E-state index in [-0.39, 0.29) is 29.0 Å². The smallest absolute Gasteiger partial charge is 0.261 e. The van der Waals surface area contributed by atoms with Crippen molar-refractivity contribution in [3.8, 4) is 0 Å². The molecule has 0 saturated carbocycles. The van der Waals surface area contributed by atoms with Crippen LogP contribution in [0.25, 0.3) is 0 Å². The molecule has 0 radical (unpaired) electrons. The van der Waals surface area contributed by atoms with E-state index in [2.05, 4.69) is 15.3 Å². The maximum Gasteiger partial charge on any atom is 0.261 e. The Labute approximate surface area is 152 Å². The van der Waals surface area contributed by atoms with Crippen molar-refractivity contribution in [2.45, 2.75) is 38.1 Å². The second-order valence-corrected chi connectivity index (χ2v) is 7.16. The highest BCUT2D eigenvalue weighted by Crippen LogP contribution is 2.21. The second-order valence-electron chi connectivity index (χ2n) is 7.16. The number of carbonyl (C=O) groups is 1. The predicted molar refractivity (Wildman–Crippen MR) is 97.2 cm³/mol. The fraction of sp³-hybridized carbons (Fsp3) is 0.450. The number of rotatable bonds is 4. The molecule has 1 aliphatic heterocycles. The lowest BCUT2D eigenvalue weighted by Crippen LogP contribution is -2.42. The van der Waals surface area contributed by atoms with Crippen LogP contribution in [0.1, 0.15) is 40.0 Å². The first kappa shape index (κ1) is 17.0. The van der Waals surface area contributed by atoms with Gasteiger partial charge in [-0.1, -0.05) is 0 Å². The van der Waals surface area contributed by atoms with Crippen molar-refractivity contribution in [2.75, 3.05) is 13.2 Å². The summed E-state index contributed by atoms with van der Waals surface area (Å²) in [6.45, 7) is 1.08. The first-order valence-electron chi connectivity index (χ1n) is 9.23. The molecule has 2 atom stereocenters. The normalized spacial score (nSPS) is 22.0. The van der Waals surface area contributed by atoms with Crippen LogP contribution < -0.4 is 10.9 Å². The number of hydrogen-bond donors (Lipinski definition) is 2. The van der Waals surface area contributed by atoms with E-state index in [0.717, 1.165) is 43.4 Å². The van der Waals surface area contributed by atoms with Crippen LogP contribution in [0.15, 0.2) is 35.4 Å². The van der Waals surface area contributed by atoms with Gasteiger partial charge in [-0.05, 0) is 61.4 Å². The Balaban J connectivity index is 1.48. The van der Waals surface area contributed by atoms with Crippen LogP contribution in [-0.2, 0) is 24.0 Å². The topological polar surface area (TPSA) is 84.1 Å². The maximum atomic E-state index is 12.7. The molecule has 6 nitrogen and oxygen atoms in total. The summed E-state index contributed by atoms with van der Waals surface area (Å²) in [7, 11) is 0. The van der Waals surface area contributed by atoms with Gasteiger partial charge in [0.2, 0.25) is 0 Å². The molecule has 4 rings (SSSR count). The molecule has 136 valence electrons. The average Bonchev–Trinajstić information content (AvgIpc) is 3.08. The van der Waals surface area contributed by atoms with E-state index in [1.807, 2.05) is 12.1 Å². The van der Waals surface area contributed by atoms with E-state index in [0.29, 0.717) is 13.2 Å². The minimum absolute atomic E-state index is 0.0916. The summed E-state index contributed by atoms with van der Waals surface area (Å²) < 4.78 is 5.58. The Morgan fingerprint density at radius 3 is 2.88 bits per heavy atom. The molecule has 6 heteroatoms. The van der Waals surface area contributed by atoms with E-state index in [4.69, 9.17) is 4.74 Å². The van der Waals surface area contributed by atoms with E-state index >= 15 is 0 Å². The molecule has 0 unspecified atom stereocenters. The summed E-state index contributed by atoms with van der Waals surface area (Å²) in [6.07, 6.45) is 8.35. The third kappa shape index (κ3) is 3.55. The Hall–Kier alpha value is -2.47. The third-order valence-corrected chi connectivity index (χ3v) is 5.34. The van der Waals surface area contributed by atoms with E-state index in [1.165, 1.54) is 5.56 Å². The van der Waals surface area contributed by atoms with Gasteiger partial charge in [-0.25, -0.2) is 0 Å². The molecule has 1 amide bonds. The summed E-state index contributed by atoms with van der Waals surface area (Å²) in [5.74, 6) is -0.118. The van der Waals surface area contributed by atoms with E-state index in [1.54, 1.807) is 18.5 Å². The van der Waals surface area contributed by atoms with Crippen molar-refractivity contribution in [1.82, 2.24) is 15.3 Å². The number of aromatic amines is 1. The Kier molecular flexibility index (Phi) is 4.84. The van der Waals surface area contributed by atoms with Crippen molar-refractivity contribution in [3.63, 3.8) is 0 Å². The fourth-order valence-electron chi connectivity index (χ4n) is 3.87. The van der Waals surface area contributed by atoms with E-state index < -0.39 is 0 Å². The molecular formula is C20H23N3O3. The number of carbonyl (C=O) groups excluding carboxylic acids is 1. The number of aromatic nitrogens is 2. The van der Waals surface area contributed by atoms with Crippen molar-refractivity contribution in [2.24, 2.45) is 5.92 Å². The second kappa shape index (κ2) is 7.41. The monoisotopic (exact) mass is 353 g/mol. The Morgan fingerprint density at radius 2 is 2.04 bits per heavy atom. The number of hydrogen-bond acceptors (Lipinski definition) is 4. The first-order valence-corrected chi connectivity index (χ1v) is 9.23. The number of nitrogens with one attached hydrogen (secondary N) is 2. The fourth-order valence-corrected chi connectivity index (χ4v) is 3.87. The van der Waals surface area contributed by atoms with Crippen LogP contribution in [0, 0.1) is 5.92 Å². The lowest BCUT2D eigenvalue weighted by Gasteiger charge is -2.20. The van der Waals surface area contributed by atoms with Gasteiger partial charge in [0, 0.05) is 24.0 Å². The molecule has 0 bridgehead atoms. The van der Waals surface area contributed by atoms with E-state index in [9.17, 15) is 9.59 Å². The summed E-state index contributed by atoms with van der Waals surface area (Å²) in [5, 5.41) is 3.01. The first-order chi connectivity index (χ1) is 12.7. The lowest BCUT2D eigenvalue weighted by atomic mass is 9.94. The van der Waals surface area contributed by atoms with Crippen LogP contribution in [-0.4, -0.2) is 35.1 Å². The minimum Gasteiger partial charge on any atom is -0.379 e. The maximum absolute atomic E-state index is 12.7. The quantitative estimate of drug-likeness (QED) is 0.875. The van der Waals surface area contributed by atoms with Crippen molar-refractivity contribution in [3.05, 3.63) is 63.3 Å². The van der Waals surface area contributed by atoms with Gasteiger partial charge in [0.25, 0.3) is 11.5 Å². The van der Waals surface area contributed by atoms with Crippen molar-refractivity contribution in [1.29, 1.82) is 0 Å². The highest BCUT2D eigenvalue weighted by atomic mass is 16.5. The van der Waals surface area contributed by atoms with Crippen LogP contribution >= 0.6 is 0 Å². The Bertz CT molecular complexity index is 847. The predicted octanol–water partition coefficient (Wildman–Crippen LogP) is 1.64. The molecule has 0 aromatic carbocycles. The van der Waals surface area contributed by atoms with Gasteiger partial charge in [0.15, 0.2) is 0 Å². The largest absolute Gasteiger partial charge is 0.379 e. The van der Waals surface area contributed by atoms with Crippen molar-refractivity contribution >= 4 is 5.91 Å². The highest BCUT2D eigenvalue weighted by Gasteiger charge is 2.30. The van der Waals surface area contributed by atoms with Crippen LogP contribution in [0.2, 0.25) is 0 Å². The highest BCUT2D eigenvalue weighted by molar-refractivity contribution is 5.94. The number of fused-ring (bicyclic) bond motifs is 1. The van der Waals surface area contributed by atoms with Gasteiger partial charge in [-0.3, -0.25) is 14.6 Å². The Morgan fingerprint density at radius 1 is 1.23 bits per heavy atom. The molecule has 2 aliphatic rings. The van der Waals surface area contributed by atoms with Gasteiger partial charge >= 0.3 is 0 Å². The molecule has 2 aromatic rings. The molecule has 0 spiro atoms. The summed E-state index contributed by atoms with van der Waals surface area (Å²) >= 11 is 0. The SMILES string of the molecule is O=C(N[C@H]1COC[C@H]1Cc1ccncc1)c1cc2c([nH]c1=O)CCCC2. The summed E-state index contributed by atoms with van der Waals surface area (Å²) in [6, 6.07) is 5.64. The summed E-state index contributed by atoms with van der Waals surface area (Å²) in [5.41, 5.74) is 3.16. The lowest BCUT2D eigenvalue weighted by molar-refractivity contribution is 0.0923. The number of aryl methyl sites for hydroxylation is 2. The van der Waals surface area contributed by atoms with Crippen LogP contribution in [0.5, 0.6) is 0 Å². The number of ether oxygens (including phenoxy) is 1. The molecular weight excluding hydrogens is 330 g/mol. The molecule has 1 saturated heterocycles. The average molecular weight is 353 g/mol. The molecule has 2 aromatic heterocycles. The zero-order valence-electron chi connectivity index (χ0n) is 14.7. The van der Waals surface area contributed by atoms with Gasteiger partial charge in [0.1, 0.15) is 5.56 Å². The number of pyridine rings is 2. The third-order valence-electron chi connectivity index (χ3n) is 5.34. The molecule has 26 heavy (non-hydrogen) atoms. The molecule has 2 N–H and O–H groups in total. The van der Waals surface area contributed by atoms with Crippen LogP contribution in [0.4, 0.5) is 0 Å². The standard InChI is InChI=1S/C20H23N3O3/c24-19-16(10-14-3-1-2-4-17(14)22-19)20(25)23-18-12-26-11-15(18)9-13-5-7-21-8-6-13/h5-8,10,15,18H,1-4,9,11-12H2,(H,22,24)(H,23,25)/t15-,18+/m1/s1. The zero-order chi connectivity index (χ0) is 17.9. The van der Waals surface area contributed by atoms with Gasteiger partial charge < -0.3 is 15.0 Å². The van der Waals surface area contributed by atoms with Gasteiger partial charge in [0.05, 0.1) is 19.3 Å². The molecule has 1 fully saturated rings. The van der Waals surface area contributed by atoms with Gasteiger partial charge in [-0.2, -0.15) is 0 Å². The number of nitrogens with zero attached hydrogens (tertiary/aromatic N) is 1. The van der Waals surface area contributed by atoms with Crippen LogP contribution in [0.3, 0.4) is 0 Å². The van der Waals surface area contributed by atoms with Gasteiger partial charge in [-0.15, -0.1) is 0 Å². The number of H-pyrrole nitrogens is 1. The van der Waals surface area contributed by atoms with Crippen molar-refractivity contribution < 1.29 is 9.53 Å². The zero-order valence-corrected chi connectivity index (χ0v) is 14.7. The molecule has 1 aliphatic carbocycles. The number of amides is 1.